The molecule has 1 saturated heterocycles. The Balaban J connectivity index is 1.60. The average molecular weight is 572 g/mol. The zero-order valence-corrected chi connectivity index (χ0v) is 22.9. The van der Waals surface area contributed by atoms with Crippen LogP contribution in [0.4, 0.5) is 13.6 Å². The predicted molar refractivity (Wildman–Crippen MR) is 143 cm³/mol. The number of nitrogens with one attached hydrogen (secondary N) is 1. The minimum Gasteiger partial charge on any atom is -0.491 e. The summed E-state index contributed by atoms with van der Waals surface area (Å²) in [6.45, 7) is 2.29. The topological polar surface area (TPSA) is 144 Å². The van der Waals surface area contributed by atoms with Crippen molar-refractivity contribution in [3.05, 3.63) is 65.7 Å². The number of primary amides is 1. The van der Waals surface area contributed by atoms with E-state index in [4.69, 9.17) is 15.2 Å². The van der Waals surface area contributed by atoms with Crippen LogP contribution in [-0.4, -0.2) is 77.8 Å². The smallest absolute Gasteiger partial charge is 0.405 e. The van der Waals surface area contributed by atoms with E-state index in [1.54, 1.807) is 7.05 Å². The van der Waals surface area contributed by atoms with Gasteiger partial charge in [-0.3, -0.25) is 14.4 Å². The largest absolute Gasteiger partial charge is 0.491 e. The molecular formula is C28H31F2N5O6. The second kappa shape index (κ2) is 11.5. The first-order valence-corrected chi connectivity index (χ1v) is 12.9. The highest BCUT2D eigenvalue weighted by atomic mass is 19.2. The van der Waals surface area contributed by atoms with E-state index in [0.29, 0.717) is 18.6 Å². The molecule has 0 radical (unpaired) electrons. The number of likely N-dealkylation sites (tertiary alicyclic amines) is 1. The van der Waals surface area contributed by atoms with Gasteiger partial charge in [0.1, 0.15) is 23.8 Å². The normalized spacial score (nSPS) is 19.2. The number of benzene rings is 2. The first kappa shape index (κ1) is 29.4. The Labute approximate surface area is 235 Å². The van der Waals surface area contributed by atoms with E-state index in [9.17, 15) is 28.0 Å². The lowest BCUT2D eigenvalue weighted by atomic mass is 9.73. The molecule has 2 heterocycles. The summed E-state index contributed by atoms with van der Waals surface area (Å²) >= 11 is 0. The van der Waals surface area contributed by atoms with E-state index in [1.165, 1.54) is 29.8 Å². The van der Waals surface area contributed by atoms with E-state index in [0.717, 1.165) is 17.7 Å². The van der Waals surface area contributed by atoms with Crippen molar-refractivity contribution in [3.63, 3.8) is 0 Å². The molecule has 0 unspecified atom stereocenters. The molecule has 4 rings (SSSR count). The number of rotatable bonds is 9. The number of carbonyl (C=O) groups excluding carboxylic acids is 4. The summed E-state index contributed by atoms with van der Waals surface area (Å²) in [5, 5.41) is 8.24. The summed E-state index contributed by atoms with van der Waals surface area (Å²) in [7, 11) is 1.56. The fourth-order valence-corrected chi connectivity index (χ4v) is 4.99. The lowest BCUT2D eigenvalue weighted by Gasteiger charge is -2.40. The number of hydrogen-bond donors (Lipinski definition) is 2. The maximum absolute atomic E-state index is 13.9. The van der Waals surface area contributed by atoms with Crippen molar-refractivity contribution in [2.45, 2.75) is 38.3 Å². The molecular weight excluding hydrogens is 540 g/mol. The molecule has 11 nitrogen and oxygen atoms in total. The van der Waals surface area contributed by atoms with E-state index in [2.05, 4.69) is 10.4 Å². The average Bonchev–Trinajstić information content (AvgIpc) is 3.16. The Morgan fingerprint density at radius 1 is 1.15 bits per heavy atom. The summed E-state index contributed by atoms with van der Waals surface area (Å²) in [5.74, 6) is -4.01. The van der Waals surface area contributed by atoms with Gasteiger partial charge in [-0.1, -0.05) is 30.3 Å². The summed E-state index contributed by atoms with van der Waals surface area (Å²) in [6, 6.07) is 10.8. The zero-order valence-electron chi connectivity index (χ0n) is 22.9. The number of amides is 4. The standard InChI is InChI=1S/C28H31F2N5O6/c1-27(2,41-26(31)39)24(37)32-21(15-40-18-9-10-19(29)20(30)13-18)23(36)35-12-11-22-28(16-35,25(38)34(3)33-22)14-17-7-5-4-6-8-17/h4-10,13,21H,11-12,14-16H2,1-3H3,(H2,31,39)(H,32,37)/t21-,28-/m1/s1. The molecule has 13 heteroatoms. The molecule has 41 heavy (non-hydrogen) atoms. The molecule has 0 aliphatic carbocycles. The minimum atomic E-state index is -1.74. The van der Waals surface area contributed by atoms with Gasteiger partial charge in [0.25, 0.3) is 11.8 Å². The van der Waals surface area contributed by atoms with Gasteiger partial charge in [-0.25, -0.2) is 18.6 Å². The number of piperidine rings is 1. The maximum Gasteiger partial charge on any atom is 0.405 e. The van der Waals surface area contributed by atoms with Gasteiger partial charge in [0.15, 0.2) is 17.2 Å². The van der Waals surface area contributed by atoms with E-state index >= 15 is 0 Å². The monoisotopic (exact) mass is 571 g/mol. The van der Waals surface area contributed by atoms with Crippen molar-refractivity contribution >= 4 is 29.5 Å². The highest BCUT2D eigenvalue weighted by Gasteiger charge is 2.54. The van der Waals surface area contributed by atoms with Crippen LogP contribution in [0.5, 0.6) is 5.75 Å². The quantitative estimate of drug-likeness (QED) is 0.471. The fraction of sp³-hybridized carbons (Fsp3) is 0.393. The number of fused-ring (bicyclic) bond motifs is 1. The fourth-order valence-electron chi connectivity index (χ4n) is 4.99. The molecule has 1 fully saturated rings. The van der Waals surface area contributed by atoms with Gasteiger partial charge in [-0.05, 0) is 38.0 Å². The Kier molecular flexibility index (Phi) is 8.27. The highest BCUT2D eigenvalue weighted by molar-refractivity contribution is 6.13. The third kappa shape index (κ3) is 6.28. The second-order valence-corrected chi connectivity index (χ2v) is 10.5. The molecule has 0 saturated carbocycles. The molecule has 0 bridgehead atoms. The molecule has 0 spiro atoms. The third-order valence-corrected chi connectivity index (χ3v) is 7.08. The van der Waals surface area contributed by atoms with Crippen molar-refractivity contribution in [1.82, 2.24) is 15.2 Å². The Bertz CT molecular complexity index is 1390. The van der Waals surface area contributed by atoms with Gasteiger partial charge in [-0.15, -0.1) is 0 Å². The minimum absolute atomic E-state index is 0.0124. The molecule has 2 aromatic carbocycles. The zero-order chi connectivity index (χ0) is 29.9. The maximum atomic E-state index is 13.9. The van der Waals surface area contributed by atoms with Gasteiger partial charge in [0.05, 0.1) is 5.71 Å². The van der Waals surface area contributed by atoms with Crippen LogP contribution >= 0.6 is 0 Å². The number of hydrazone groups is 1. The van der Waals surface area contributed by atoms with E-state index in [-0.39, 0.29) is 24.7 Å². The molecule has 0 aromatic heterocycles. The number of halogens is 2. The molecule has 2 aromatic rings. The van der Waals surface area contributed by atoms with Crippen LogP contribution in [0.2, 0.25) is 0 Å². The number of hydrogen-bond acceptors (Lipinski definition) is 7. The van der Waals surface area contributed by atoms with E-state index < -0.39 is 53.2 Å². The van der Waals surface area contributed by atoms with Crippen LogP contribution in [0.25, 0.3) is 0 Å². The van der Waals surface area contributed by atoms with Crippen LogP contribution < -0.4 is 15.8 Å². The molecule has 3 N–H and O–H groups in total. The molecule has 2 aliphatic heterocycles. The summed E-state index contributed by atoms with van der Waals surface area (Å²) in [4.78, 5) is 53.1. The number of carbonyl (C=O) groups is 4. The Morgan fingerprint density at radius 2 is 1.85 bits per heavy atom. The van der Waals surface area contributed by atoms with E-state index in [1.807, 2.05) is 30.3 Å². The van der Waals surface area contributed by atoms with Gasteiger partial charge in [0.2, 0.25) is 5.91 Å². The van der Waals surface area contributed by atoms with Crippen LogP contribution in [0.15, 0.2) is 53.6 Å². The first-order valence-electron chi connectivity index (χ1n) is 12.9. The Hall–Kier alpha value is -4.55. The number of nitrogens with zero attached hydrogens (tertiary/aromatic N) is 3. The molecule has 4 amide bonds. The van der Waals surface area contributed by atoms with Crippen LogP contribution in [0.3, 0.4) is 0 Å². The molecule has 2 aliphatic rings. The van der Waals surface area contributed by atoms with Crippen LogP contribution in [0, 0.1) is 17.0 Å². The lowest BCUT2D eigenvalue weighted by Crippen LogP contribution is -2.61. The summed E-state index contributed by atoms with van der Waals surface area (Å²) < 4.78 is 37.6. The second-order valence-electron chi connectivity index (χ2n) is 10.5. The predicted octanol–water partition coefficient (Wildman–Crippen LogP) is 1.99. The summed E-state index contributed by atoms with van der Waals surface area (Å²) in [6.07, 6.45) is -0.572. The highest BCUT2D eigenvalue weighted by Crippen LogP contribution is 2.38. The van der Waals surface area contributed by atoms with Crippen molar-refractivity contribution in [1.29, 1.82) is 0 Å². The number of ether oxygens (including phenoxy) is 2. The Morgan fingerprint density at radius 3 is 2.51 bits per heavy atom. The third-order valence-electron chi connectivity index (χ3n) is 7.08. The molecule has 2 atom stereocenters. The SMILES string of the molecule is CN1N=C2CCN(C(=O)[C@@H](COc3ccc(F)c(F)c3)NC(=O)C(C)(C)OC(N)=O)C[C@@]2(Cc2ccccc2)C1=O. The summed E-state index contributed by atoms with van der Waals surface area (Å²) in [5.41, 5.74) is 3.78. The van der Waals surface area contributed by atoms with Crippen LogP contribution in [0.1, 0.15) is 25.8 Å². The van der Waals surface area contributed by atoms with Gasteiger partial charge >= 0.3 is 6.09 Å². The van der Waals surface area contributed by atoms with Gasteiger partial charge in [0, 0.05) is 32.6 Å². The van der Waals surface area contributed by atoms with Crippen molar-refractivity contribution in [2.75, 3.05) is 26.7 Å². The van der Waals surface area contributed by atoms with Crippen molar-refractivity contribution < 1.29 is 37.4 Å². The van der Waals surface area contributed by atoms with Crippen molar-refractivity contribution in [2.24, 2.45) is 16.3 Å². The van der Waals surface area contributed by atoms with Gasteiger partial charge < -0.3 is 25.4 Å². The van der Waals surface area contributed by atoms with Gasteiger partial charge in [-0.2, -0.15) is 5.10 Å². The van der Waals surface area contributed by atoms with Crippen molar-refractivity contribution in [3.8, 4) is 5.75 Å². The number of nitrogens with two attached hydrogens (primary N) is 1. The lowest BCUT2D eigenvalue weighted by molar-refractivity contribution is -0.145. The first-order chi connectivity index (χ1) is 19.3. The molecule has 218 valence electrons. The van der Waals surface area contributed by atoms with Crippen LogP contribution in [-0.2, 0) is 25.5 Å².